The number of pyridine rings is 1. The second-order valence-electron chi connectivity index (χ2n) is 9.01. The van der Waals surface area contributed by atoms with Crippen molar-refractivity contribution >= 4 is 11.7 Å². The molecule has 1 aliphatic heterocycles. The molecule has 2 aromatic heterocycles. The predicted octanol–water partition coefficient (Wildman–Crippen LogP) is 3.57. The lowest BCUT2D eigenvalue weighted by Gasteiger charge is -2.32. The Balaban J connectivity index is 1.49. The average molecular weight is 412 g/mol. The number of amides is 1. The van der Waals surface area contributed by atoms with Gasteiger partial charge in [0.2, 0.25) is 0 Å². The van der Waals surface area contributed by atoms with Crippen LogP contribution in [0.2, 0.25) is 0 Å². The highest BCUT2D eigenvalue weighted by Gasteiger charge is 2.40. The number of carbonyl (C=O) groups is 1. The monoisotopic (exact) mass is 411 g/mol. The molecule has 1 saturated carbocycles. The number of aryl methyl sites for hydroxylation is 1. The first-order chi connectivity index (χ1) is 14.3. The summed E-state index contributed by atoms with van der Waals surface area (Å²) in [5.41, 5.74) is 0.158. The number of rotatable bonds is 5. The number of hydrogen-bond donors (Lipinski definition) is 1. The van der Waals surface area contributed by atoms with E-state index >= 15 is 0 Å². The van der Waals surface area contributed by atoms with Crippen LogP contribution in [0.5, 0.6) is 0 Å². The summed E-state index contributed by atoms with van der Waals surface area (Å²) in [4.78, 5) is 28.0. The molecular weight excluding hydrogens is 381 g/mol. The van der Waals surface area contributed by atoms with Crippen LogP contribution in [-0.2, 0) is 11.2 Å². The molecule has 1 amide bonds. The van der Waals surface area contributed by atoms with E-state index in [4.69, 9.17) is 9.97 Å². The molecule has 1 N–H and O–H groups in total. The summed E-state index contributed by atoms with van der Waals surface area (Å²) in [6.07, 6.45) is 7.21. The fourth-order valence-corrected chi connectivity index (χ4v) is 4.56. The summed E-state index contributed by atoms with van der Waals surface area (Å²) in [6, 6.07) is 6.01. The summed E-state index contributed by atoms with van der Waals surface area (Å²) in [5, 5.41) is 2.91. The molecule has 0 aromatic carbocycles. The number of halogens is 1. The smallest absolute Gasteiger partial charge is 0.257 e. The first kappa shape index (κ1) is 20.7. The van der Waals surface area contributed by atoms with Crippen LogP contribution in [0.1, 0.15) is 45.7 Å². The number of nitrogens with one attached hydrogen (secondary N) is 1. The third-order valence-electron chi connectivity index (χ3n) is 6.32. The van der Waals surface area contributed by atoms with Crippen LogP contribution in [0, 0.1) is 11.8 Å². The van der Waals surface area contributed by atoms with Crippen molar-refractivity contribution in [1.29, 1.82) is 0 Å². The number of nitrogens with zero attached hydrogens (tertiary/aromatic N) is 4. The van der Waals surface area contributed by atoms with E-state index in [1.807, 2.05) is 12.1 Å². The third kappa shape index (κ3) is 4.45. The van der Waals surface area contributed by atoms with Gasteiger partial charge in [-0.3, -0.25) is 9.78 Å². The maximum absolute atomic E-state index is 13.9. The molecule has 2 aromatic rings. The second kappa shape index (κ2) is 8.28. The topological polar surface area (TPSA) is 71.0 Å². The Labute approximate surface area is 177 Å². The van der Waals surface area contributed by atoms with Gasteiger partial charge in [-0.25, -0.2) is 14.4 Å². The standard InChI is InChI=1S/C23H30FN5O/c1-4-18-12-20(28-21(26-18)15-7-9-25-10-8-15)29-13-16-5-6-19(11-17(16)14-29)27-22(30)23(2,3)24/h7-10,12,16-17,19H,4-6,11,13-14H2,1-3H3,(H,27,30). The zero-order chi connectivity index (χ0) is 21.3. The Hall–Kier alpha value is -2.57. The van der Waals surface area contributed by atoms with Crippen molar-refractivity contribution in [1.82, 2.24) is 20.3 Å². The molecule has 3 unspecified atom stereocenters. The zero-order valence-corrected chi connectivity index (χ0v) is 17.9. The minimum absolute atomic E-state index is 0.0534. The summed E-state index contributed by atoms with van der Waals surface area (Å²) in [6.45, 7) is 6.60. The van der Waals surface area contributed by atoms with E-state index in [9.17, 15) is 9.18 Å². The number of fused-ring (bicyclic) bond motifs is 1. The van der Waals surface area contributed by atoms with Crippen LogP contribution in [0.15, 0.2) is 30.6 Å². The van der Waals surface area contributed by atoms with E-state index in [1.165, 1.54) is 13.8 Å². The fourth-order valence-electron chi connectivity index (χ4n) is 4.56. The Morgan fingerprint density at radius 3 is 2.63 bits per heavy atom. The Morgan fingerprint density at radius 1 is 1.20 bits per heavy atom. The molecule has 7 heteroatoms. The van der Waals surface area contributed by atoms with E-state index in [-0.39, 0.29) is 6.04 Å². The van der Waals surface area contributed by atoms with Gasteiger partial charge in [0, 0.05) is 48.8 Å². The molecule has 0 spiro atoms. The van der Waals surface area contributed by atoms with Crippen molar-refractivity contribution in [2.75, 3.05) is 18.0 Å². The van der Waals surface area contributed by atoms with Crippen molar-refractivity contribution < 1.29 is 9.18 Å². The Bertz CT molecular complexity index is 898. The van der Waals surface area contributed by atoms with Gasteiger partial charge in [-0.1, -0.05) is 6.92 Å². The summed E-state index contributed by atoms with van der Waals surface area (Å²) in [5.74, 6) is 2.26. The van der Waals surface area contributed by atoms with Crippen molar-refractivity contribution in [3.8, 4) is 11.4 Å². The molecular formula is C23H30FN5O. The maximum atomic E-state index is 13.9. The van der Waals surface area contributed by atoms with Gasteiger partial charge in [-0.05, 0) is 63.5 Å². The van der Waals surface area contributed by atoms with Crippen LogP contribution in [0.4, 0.5) is 10.2 Å². The molecule has 6 nitrogen and oxygen atoms in total. The zero-order valence-electron chi connectivity index (χ0n) is 17.9. The molecule has 2 fully saturated rings. The van der Waals surface area contributed by atoms with Crippen LogP contribution in [0.3, 0.4) is 0 Å². The van der Waals surface area contributed by atoms with Gasteiger partial charge >= 0.3 is 0 Å². The summed E-state index contributed by atoms with van der Waals surface area (Å²) in [7, 11) is 0. The van der Waals surface area contributed by atoms with Crippen molar-refractivity contribution in [2.24, 2.45) is 11.8 Å². The SMILES string of the molecule is CCc1cc(N2CC3CCC(NC(=O)C(C)(C)F)CC3C2)nc(-c2ccncc2)n1. The first-order valence-electron chi connectivity index (χ1n) is 10.9. The average Bonchev–Trinajstić information content (AvgIpc) is 3.17. The van der Waals surface area contributed by atoms with E-state index in [1.54, 1.807) is 12.4 Å². The predicted molar refractivity (Wildman–Crippen MR) is 115 cm³/mol. The number of anilines is 1. The molecule has 30 heavy (non-hydrogen) atoms. The summed E-state index contributed by atoms with van der Waals surface area (Å²) < 4.78 is 13.9. The molecule has 1 aliphatic carbocycles. The molecule has 0 bridgehead atoms. The van der Waals surface area contributed by atoms with Crippen LogP contribution in [-0.4, -0.2) is 45.7 Å². The van der Waals surface area contributed by atoms with E-state index in [0.717, 1.165) is 61.7 Å². The fraction of sp³-hybridized carbons (Fsp3) is 0.565. The maximum Gasteiger partial charge on any atom is 0.257 e. The highest BCUT2D eigenvalue weighted by Crippen LogP contribution is 2.38. The second-order valence-corrected chi connectivity index (χ2v) is 9.01. The lowest BCUT2D eigenvalue weighted by atomic mass is 9.79. The first-order valence-corrected chi connectivity index (χ1v) is 10.9. The van der Waals surface area contributed by atoms with Crippen molar-refractivity contribution in [3.63, 3.8) is 0 Å². The number of aromatic nitrogens is 3. The number of alkyl halides is 1. The van der Waals surface area contributed by atoms with Crippen LogP contribution in [0.25, 0.3) is 11.4 Å². The van der Waals surface area contributed by atoms with Gasteiger partial charge in [0.1, 0.15) is 5.82 Å². The molecule has 2 aliphatic rings. The van der Waals surface area contributed by atoms with Crippen molar-refractivity contribution in [2.45, 2.75) is 58.2 Å². The Morgan fingerprint density at radius 2 is 1.93 bits per heavy atom. The minimum Gasteiger partial charge on any atom is -0.356 e. The van der Waals surface area contributed by atoms with Gasteiger partial charge in [-0.15, -0.1) is 0 Å². The lowest BCUT2D eigenvalue weighted by molar-refractivity contribution is -0.131. The normalized spacial score (nSPS) is 23.9. The summed E-state index contributed by atoms with van der Waals surface area (Å²) >= 11 is 0. The van der Waals surface area contributed by atoms with Crippen molar-refractivity contribution in [3.05, 3.63) is 36.3 Å². The largest absolute Gasteiger partial charge is 0.356 e. The Kier molecular flexibility index (Phi) is 5.71. The van der Waals surface area contributed by atoms with Gasteiger partial charge in [0.05, 0.1) is 0 Å². The highest BCUT2D eigenvalue weighted by atomic mass is 19.1. The van der Waals surface area contributed by atoms with E-state index in [2.05, 4.69) is 28.2 Å². The van der Waals surface area contributed by atoms with Gasteiger partial charge in [0.15, 0.2) is 11.5 Å². The molecule has 160 valence electrons. The molecule has 3 atom stereocenters. The molecule has 4 rings (SSSR count). The highest BCUT2D eigenvalue weighted by molar-refractivity contribution is 5.84. The lowest BCUT2D eigenvalue weighted by Crippen LogP contribution is -2.47. The molecule has 1 saturated heterocycles. The van der Waals surface area contributed by atoms with E-state index < -0.39 is 11.6 Å². The third-order valence-corrected chi connectivity index (χ3v) is 6.32. The molecule has 0 radical (unpaired) electrons. The number of hydrogen-bond acceptors (Lipinski definition) is 5. The molecule has 3 heterocycles. The quantitative estimate of drug-likeness (QED) is 0.814. The van der Waals surface area contributed by atoms with Crippen LogP contribution >= 0.6 is 0 Å². The number of carbonyl (C=O) groups excluding carboxylic acids is 1. The minimum atomic E-state index is -1.83. The van der Waals surface area contributed by atoms with E-state index in [0.29, 0.717) is 11.8 Å². The van der Waals surface area contributed by atoms with Gasteiger partial charge in [0.25, 0.3) is 5.91 Å². The van der Waals surface area contributed by atoms with Gasteiger partial charge in [-0.2, -0.15) is 0 Å². The van der Waals surface area contributed by atoms with Crippen LogP contribution < -0.4 is 10.2 Å². The van der Waals surface area contributed by atoms with Gasteiger partial charge < -0.3 is 10.2 Å².